The van der Waals surface area contributed by atoms with E-state index >= 15 is 0 Å². The molecule has 2 heterocycles. The van der Waals surface area contributed by atoms with Gasteiger partial charge in [0, 0.05) is 5.69 Å². The third-order valence-electron chi connectivity index (χ3n) is 3.35. The quantitative estimate of drug-likeness (QED) is 0.771. The van der Waals surface area contributed by atoms with Crippen molar-refractivity contribution in [3.63, 3.8) is 0 Å². The minimum absolute atomic E-state index is 0.207. The van der Waals surface area contributed by atoms with Crippen LogP contribution in [0.25, 0.3) is 0 Å². The molecule has 1 amide bonds. The van der Waals surface area contributed by atoms with Crippen molar-refractivity contribution >= 4 is 21.6 Å². The average molecular weight is 282 g/mol. The number of benzene rings is 1. The number of carbonyl (C=O) groups excluding carboxylic acids is 1. The van der Waals surface area contributed by atoms with Crippen LogP contribution in [-0.4, -0.2) is 45.4 Å². The molecular weight excluding hydrogens is 268 g/mol. The number of β-lactam (4-membered cyclic amide) rings is 1. The fourth-order valence-corrected chi connectivity index (χ4v) is 3.36. The van der Waals surface area contributed by atoms with Gasteiger partial charge in [-0.15, -0.1) is 0 Å². The van der Waals surface area contributed by atoms with Gasteiger partial charge in [0.25, 0.3) is 0 Å². The zero-order valence-corrected chi connectivity index (χ0v) is 11.0. The lowest BCUT2D eigenvalue weighted by atomic mass is 10.1. The van der Waals surface area contributed by atoms with Crippen molar-refractivity contribution < 1.29 is 17.9 Å². The topological polar surface area (TPSA) is 75.7 Å². The standard InChI is InChI=1S/C12H14N2O4S/c15-12-11(13-19(16,17)10-7-18-8-10)6-14(12)9-4-2-1-3-5-9/h1-5,10-11,13H,6-8H2. The molecule has 0 saturated carbocycles. The van der Waals surface area contributed by atoms with Crippen LogP contribution in [-0.2, 0) is 19.6 Å². The van der Waals surface area contributed by atoms with Gasteiger partial charge in [-0.1, -0.05) is 18.2 Å². The van der Waals surface area contributed by atoms with Gasteiger partial charge < -0.3 is 9.64 Å². The smallest absolute Gasteiger partial charge is 0.247 e. The molecule has 1 atom stereocenters. The molecular formula is C12H14N2O4S. The molecule has 2 aliphatic heterocycles. The summed E-state index contributed by atoms with van der Waals surface area (Å²) in [7, 11) is -3.44. The van der Waals surface area contributed by atoms with E-state index < -0.39 is 21.3 Å². The van der Waals surface area contributed by atoms with Gasteiger partial charge in [0.1, 0.15) is 11.3 Å². The maximum atomic E-state index is 11.9. The van der Waals surface area contributed by atoms with E-state index in [9.17, 15) is 13.2 Å². The zero-order valence-electron chi connectivity index (χ0n) is 10.2. The number of hydrogen-bond acceptors (Lipinski definition) is 4. The Hall–Kier alpha value is -1.44. The molecule has 1 N–H and O–H groups in total. The summed E-state index contributed by atoms with van der Waals surface area (Å²) in [5.74, 6) is -0.213. The summed E-state index contributed by atoms with van der Waals surface area (Å²) in [5, 5.41) is -0.522. The van der Waals surface area contributed by atoms with Crippen LogP contribution in [0.5, 0.6) is 0 Å². The van der Waals surface area contributed by atoms with Crippen LogP contribution < -0.4 is 9.62 Å². The Bertz CT molecular complexity index is 583. The summed E-state index contributed by atoms with van der Waals surface area (Å²) >= 11 is 0. The first-order valence-electron chi connectivity index (χ1n) is 6.03. The lowest BCUT2D eigenvalue weighted by Crippen LogP contribution is -2.66. The SMILES string of the molecule is O=C1C(NS(=O)(=O)C2COC2)CN1c1ccccc1. The number of anilines is 1. The lowest BCUT2D eigenvalue weighted by molar-refractivity contribution is -0.124. The molecule has 102 valence electrons. The van der Waals surface area contributed by atoms with Crippen molar-refractivity contribution in [1.82, 2.24) is 4.72 Å². The highest BCUT2D eigenvalue weighted by Crippen LogP contribution is 2.22. The Morgan fingerprint density at radius 2 is 1.89 bits per heavy atom. The molecule has 7 heteroatoms. The fraction of sp³-hybridized carbons (Fsp3) is 0.417. The van der Waals surface area contributed by atoms with Crippen molar-refractivity contribution in [3.05, 3.63) is 30.3 Å². The van der Waals surface area contributed by atoms with Crippen LogP contribution in [0.3, 0.4) is 0 Å². The van der Waals surface area contributed by atoms with E-state index in [4.69, 9.17) is 4.74 Å². The van der Waals surface area contributed by atoms with Gasteiger partial charge >= 0.3 is 0 Å². The second-order valence-electron chi connectivity index (χ2n) is 4.66. The molecule has 19 heavy (non-hydrogen) atoms. The molecule has 1 aromatic rings. The van der Waals surface area contributed by atoms with Gasteiger partial charge in [0.15, 0.2) is 0 Å². The van der Waals surface area contributed by atoms with Gasteiger partial charge in [-0.05, 0) is 12.1 Å². The molecule has 3 rings (SSSR count). The second-order valence-corrected chi connectivity index (χ2v) is 6.65. The van der Waals surface area contributed by atoms with Crippen molar-refractivity contribution in [2.24, 2.45) is 0 Å². The van der Waals surface area contributed by atoms with E-state index in [1.165, 1.54) is 0 Å². The lowest BCUT2D eigenvalue weighted by Gasteiger charge is -2.39. The minimum Gasteiger partial charge on any atom is -0.378 e. The molecule has 0 bridgehead atoms. The first-order chi connectivity index (χ1) is 9.08. The number of ether oxygens (including phenoxy) is 1. The average Bonchev–Trinajstić information content (AvgIpc) is 2.32. The van der Waals surface area contributed by atoms with Crippen molar-refractivity contribution in [2.75, 3.05) is 24.7 Å². The predicted octanol–water partition coefficient (Wildman–Crippen LogP) is -0.280. The van der Waals surface area contributed by atoms with Gasteiger partial charge in [-0.3, -0.25) is 4.79 Å². The van der Waals surface area contributed by atoms with Crippen LogP contribution in [0, 0.1) is 0 Å². The first kappa shape index (κ1) is 12.6. The zero-order chi connectivity index (χ0) is 13.5. The highest BCUT2D eigenvalue weighted by molar-refractivity contribution is 7.90. The van der Waals surface area contributed by atoms with E-state index in [0.717, 1.165) is 5.69 Å². The van der Waals surface area contributed by atoms with E-state index in [1.807, 2.05) is 30.3 Å². The van der Waals surface area contributed by atoms with Gasteiger partial charge in [-0.2, -0.15) is 0 Å². The monoisotopic (exact) mass is 282 g/mol. The van der Waals surface area contributed by atoms with Crippen LogP contribution >= 0.6 is 0 Å². The Labute approximate surface area is 111 Å². The number of carbonyl (C=O) groups is 1. The van der Waals surface area contributed by atoms with Crippen LogP contribution in [0.2, 0.25) is 0 Å². The molecule has 0 aliphatic carbocycles. The molecule has 2 fully saturated rings. The molecule has 0 radical (unpaired) electrons. The Balaban J connectivity index is 1.63. The van der Waals surface area contributed by atoms with Gasteiger partial charge in [-0.25, -0.2) is 13.1 Å². The molecule has 1 unspecified atom stereocenters. The van der Waals surface area contributed by atoms with E-state index in [0.29, 0.717) is 6.54 Å². The summed E-state index contributed by atoms with van der Waals surface area (Å²) in [4.78, 5) is 13.5. The second kappa shape index (κ2) is 4.59. The number of rotatable bonds is 4. The summed E-state index contributed by atoms with van der Waals surface area (Å²) in [6.07, 6.45) is 0. The molecule has 1 aromatic carbocycles. The summed E-state index contributed by atoms with van der Waals surface area (Å²) in [5.41, 5.74) is 0.787. The molecule has 6 nitrogen and oxygen atoms in total. The molecule has 2 saturated heterocycles. The normalized spacial score (nSPS) is 23.9. The highest BCUT2D eigenvalue weighted by atomic mass is 32.2. The number of hydrogen-bond donors (Lipinski definition) is 1. The third-order valence-corrected chi connectivity index (χ3v) is 5.11. The number of amides is 1. The minimum atomic E-state index is -3.44. The van der Waals surface area contributed by atoms with Gasteiger partial charge in [0.05, 0.1) is 19.8 Å². The van der Waals surface area contributed by atoms with E-state index in [-0.39, 0.29) is 19.1 Å². The van der Waals surface area contributed by atoms with Crippen molar-refractivity contribution in [3.8, 4) is 0 Å². The molecule has 2 aliphatic rings. The fourth-order valence-electron chi connectivity index (χ4n) is 2.04. The maximum absolute atomic E-state index is 11.9. The van der Waals surface area contributed by atoms with Crippen LogP contribution in [0.1, 0.15) is 0 Å². The highest BCUT2D eigenvalue weighted by Gasteiger charge is 2.43. The third kappa shape index (κ3) is 2.24. The van der Waals surface area contributed by atoms with E-state index in [1.54, 1.807) is 4.90 Å². The molecule has 0 aromatic heterocycles. The number of nitrogens with zero attached hydrogens (tertiary/aromatic N) is 1. The largest absolute Gasteiger partial charge is 0.378 e. The maximum Gasteiger partial charge on any atom is 0.247 e. The van der Waals surface area contributed by atoms with Crippen molar-refractivity contribution in [1.29, 1.82) is 0 Å². The summed E-state index contributed by atoms with van der Waals surface area (Å²) in [6.45, 7) is 0.785. The summed E-state index contributed by atoms with van der Waals surface area (Å²) in [6, 6.07) is 8.54. The Morgan fingerprint density at radius 3 is 2.42 bits per heavy atom. The summed E-state index contributed by atoms with van der Waals surface area (Å²) < 4.78 is 31.0. The Morgan fingerprint density at radius 1 is 1.21 bits per heavy atom. The predicted molar refractivity (Wildman–Crippen MR) is 69.2 cm³/mol. The van der Waals surface area contributed by atoms with Crippen LogP contribution in [0.4, 0.5) is 5.69 Å². The van der Waals surface area contributed by atoms with Crippen molar-refractivity contribution in [2.45, 2.75) is 11.3 Å². The number of nitrogens with one attached hydrogen (secondary N) is 1. The molecule has 0 spiro atoms. The Kier molecular flexibility index (Phi) is 3.04. The first-order valence-corrected chi connectivity index (χ1v) is 7.58. The number of sulfonamides is 1. The number of para-hydroxylation sites is 1. The van der Waals surface area contributed by atoms with Crippen LogP contribution in [0.15, 0.2) is 30.3 Å². The van der Waals surface area contributed by atoms with E-state index in [2.05, 4.69) is 4.72 Å². The van der Waals surface area contributed by atoms with Gasteiger partial charge in [0.2, 0.25) is 15.9 Å².